The van der Waals surface area contributed by atoms with Crippen molar-refractivity contribution in [3.05, 3.63) is 89.4 Å². The Morgan fingerprint density at radius 1 is 1.03 bits per heavy atom. The minimum Gasteiger partial charge on any atom is -0.373 e. The number of likely N-dealkylation sites (tertiary alicyclic amines) is 1. The fraction of sp³-hybridized carbons (Fsp3) is 0.346. The fourth-order valence-electron chi connectivity index (χ4n) is 4.53. The van der Waals surface area contributed by atoms with Gasteiger partial charge >= 0.3 is 0 Å². The van der Waals surface area contributed by atoms with E-state index in [9.17, 15) is 4.79 Å². The molecule has 160 valence electrons. The molecular formula is C26H30N4O. The van der Waals surface area contributed by atoms with Crippen molar-refractivity contribution in [3.8, 4) is 0 Å². The van der Waals surface area contributed by atoms with Gasteiger partial charge in [0.2, 0.25) is 5.91 Å². The number of carbonyl (C=O) groups is 1. The van der Waals surface area contributed by atoms with Crippen LogP contribution in [-0.4, -0.2) is 40.9 Å². The molecule has 1 aliphatic heterocycles. The largest absolute Gasteiger partial charge is 0.373 e. The van der Waals surface area contributed by atoms with Crippen LogP contribution in [0.1, 0.15) is 48.3 Å². The van der Waals surface area contributed by atoms with Crippen molar-refractivity contribution in [2.45, 2.75) is 38.0 Å². The van der Waals surface area contributed by atoms with Gasteiger partial charge in [0.15, 0.2) is 0 Å². The number of rotatable bonds is 5. The molecule has 1 fully saturated rings. The molecule has 5 heteroatoms. The number of hydrogen-bond donors (Lipinski definition) is 1. The van der Waals surface area contributed by atoms with E-state index >= 15 is 0 Å². The van der Waals surface area contributed by atoms with Crippen LogP contribution in [0.3, 0.4) is 0 Å². The maximum absolute atomic E-state index is 13.9. The quantitative estimate of drug-likeness (QED) is 0.666. The first-order valence-electron chi connectivity index (χ1n) is 10.9. The van der Waals surface area contributed by atoms with Crippen LogP contribution in [-0.2, 0) is 10.2 Å². The van der Waals surface area contributed by atoms with Crippen LogP contribution in [0.5, 0.6) is 0 Å². The van der Waals surface area contributed by atoms with Gasteiger partial charge in [0.25, 0.3) is 0 Å². The molecule has 1 amide bonds. The van der Waals surface area contributed by atoms with E-state index < -0.39 is 0 Å². The minimum absolute atomic E-state index is 0.143. The Hall–Kier alpha value is -3.21. The van der Waals surface area contributed by atoms with Gasteiger partial charge < -0.3 is 10.2 Å². The Balaban J connectivity index is 1.66. The number of nitrogens with one attached hydrogen (secondary N) is 1. The third kappa shape index (κ3) is 4.46. The lowest BCUT2D eigenvalue weighted by molar-refractivity contribution is -0.134. The van der Waals surface area contributed by atoms with Crippen LogP contribution >= 0.6 is 0 Å². The van der Waals surface area contributed by atoms with Crippen molar-refractivity contribution < 1.29 is 4.79 Å². The maximum atomic E-state index is 13.9. The Morgan fingerprint density at radius 3 is 2.23 bits per heavy atom. The summed E-state index contributed by atoms with van der Waals surface area (Å²) >= 11 is 0. The standard InChI is InChI=1S/C26H30N4O/c1-19-17-22(27-3)29-25(28-19)26(2)15-10-16-30(18-26)24(31)23(20-11-6-4-7-12-20)21-13-8-5-9-14-21/h4-9,11-14,17,23H,10,15-16,18H2,1-3H3,(H,27,28,29)/t26-/m1/s1. The summed E-state index contributed by atoms with van der Waals surface area (Å²) < 4.78 is 0. The first kappa shape index (κ1) is 21.0. The second-order valence-electron chi connectivity index (χ2n) is 8.65. The number of benzene rings is 2. The number of aromatic nitrogens is 2. The predicted molar refractivity (Wildman–Crippen MR) is 124 cm³/mol. The molecule has 1 aliphatic rings. The fourth-order valence-corrected chi connectivity index (χ4v) is 4.53. The van der Waals surface area contributed by atoms with Gasteiger partial charge in [-0.05, 0) is 30.9 Å². The van der Waals surface area contributed by atoms with E-state index in [1.54, 1.807) is 0 Å². The molecule has 1 N–H and O–H groups in total. The van der Waals surface area contributed by atoms with Crippen molar-refractivity contribution in [3.63, 3.8) is 0 Å². The summed E-state index contributed by atoms with van der Waals surface area (Å²) in [6, 6.07) is 22.1. The normalized spacial score (nSPS) is 18.8. The lowest BCUT2D eigenvalue weighted by Gasteiger charge is -2.41. The molecule has 0 radical (unpaired) electrons. The number of piperidine rings is 1. The zero-order valence-electron chi connectivity index (χ0n) is 18.5. The van der Waals surface area contributed by atoms with Crippen molar-refractivity contribution in [1.82, 2.24) is 14.9 Å². The average molecular weight is 415 g/mol. The van der Waals surface area contributed by atoms with E-state index in [4.69, 9.17) is 9.97 Å². The smallest absolute Gasteiger partial charge is 0.234 e. The number of amides is 1. The van der Waals surface area contributed by atoms with Gasteiger partial charge in [-0.1, -0.05) is 67.6 Å². The van der Waals surface area contributed by atoms with Crippen LogP contribution in [0.25, 0.3) is 0 Å². The summed E-state index contributed by atoms with van der Waals surface area (Å²) in [5.74, 6) is 1.46. The van der Waals surface area contributed by atoms with E-state index in [2.05, 4.69) is 12.2 Å². The van der Waals surface area contributed by atoms with Crippen LogP contribution in [0.2, 0.25) is 0 Å². The van der Waals surface area contributed by atoms with Crippen molar-refractivity contribution in [2.24, 2.45) is 0 Å². The molecule has 0 saturated carbocycles. The summed E-state index contributed by atoms with van der Waals surface area (Å²) in [6.07, 6.45) is 1.90. The molecule has 1 aromatic heterocycles. The molecule has 2 aromatic carbocycles. The van der Waals surface area contributed by atoms with Gasteiger partial charge in [-0.15, -0.1) is 0 Å². The number of carbonyl (C=O) groups excluding carboxylic acids is 1. The Labute approximate surface area is 184 Å². The Morgan fingerprint density at radius 2 is 1.65 bits per heavy atom. The topological polar surface area (TPSA) is 58.1 Å². The van der Waals surface area contributed by atoms with E-state index in [0.29, 0.717) is 6.54 Å². The first-order chi connectivity index (χ1) is 15.0. The molecule has 2 heterocycles. The monoisotopic (exact) mass is 414 g/mol. The minimum atomic E-state index is -0.309. The van der Waals surface area contributed by atoms with Gasteiger partial charge in [0.1, 0.15) is 11.6 Å². The highest BCUT2D eigenvalue weighted by Crippen LogP contribution is 2.35. The van der Waals surface area contributed by atoms with E-state index in [1.807, 2.05) is 85.6 Å². The summed E-state index contributed by atoms with van der Waals surface area (Å²) in [7, 11) is 1.87. The summed E-state index contributed by atoms with van der Waals surface area (Å²) in [5, 5.41) is 3.13. The molecule has 0 unspecified atom stereocenters. The predicted octanol–water partition coefficient (Wildman–Crippen LogP) is 4.54. The third-order valence-electron chi connectivity index (χ3n) is 6.17. The molecule has 4 rings (SSSR count). The number of anilines is 1. The molecule has 0 bridgehead atoms. The number of nitrogens with zero attached hydrogens (tertiary/aromatic N) is 3. The van der Waals surface area contributed by atoms with Crippen LogP contribution in [0.4, 0.5) is 5.82 Å². The maximum Gasteiger partial charge on any atom is 0.234 e. The van der Waals surface area contributed by atoms with Crippen molar-refractivity contribution in [2.75, 3.05) is 25.5 Å². The van der Waals surface area contributed by atoms with Gasteiger partial charge in [-0.25, -0.2) is 9.97 Å². The second kappa shape index (κ2) is 8.88. The molecule has 5 nitrogen and oxygen atoms in total. The SMILES string of the molecule is CNc1cc(C)nc([C@]2(C)CCCN(C(=O)C(c3ccccc3)c3ccccc3)C2)n1. The highest BCUT2D eigenvalue weighted by Gasteiger charge is 2.39. The van der Waals surface area contributed by atoms with Crippen molar-refractivity contribution in [1.29, 1.82) is 0 Å². The van der Waals surface area contributed by atoms with Gasteiger partial charge in [-0.2, -0.15) is 0 Å². The molecule has 0 aliphatic carbocycles. The van der Waals surface area contributed by atoms with Crippen LogP contribution in [0, 0.1) is 6.92 Å². The van der Waals surface area contributed by atoms with Crippen LogP contribution in [0.15, 0.2) is 66.7 Å². The highest BCUT2D eigenvalue weighted by molar-refractivity contribution is 5.87. The van der Waals surface area contributed by atoms with Gasteiger partial charge in [0.05, 0.1) is 5.92 Å². The van der Waals surface area contributed by atoms with Crippen molar-refractivity contribution >= 4 is 11.7 Å². The molecule has 1 atom stereocenters. The lowest BCUT2D eigenvalue weighted by Crippen LogP contribution is -2.49. The molecular weight excluding hydrogens is 384 g/mol. The molecule has 1 saturated heterocycles. The average Bonchev–Trinajstić information content (AvgIpc) is 2.80. The Kier molecular flexibility index (Phi) is 6.03. The molecule has 3 aromatic rings. The van der Waals surface area contributed by atoms with E-state index in [1.165, 1.54) is 0 Å². The third-order valence-corrected chi connectivity index (χ3v) is 6.17. The number of hydrogen-bond acceptors (Lipinski definition) is 4. The molecule has 31 heavy (non-hydrogen) atoms. The summed E-state index contributed by atoms with van der Waals surface area (Å²) in [4.78, 5) is 25.4. The lowest BCUT2D eigenvalue weighted by atomic mass is 9.79. The first-order valence-corrected chi connectivity index (χ1v) is 10.9. The highest BCUT2D eigenvalue weighted by atomic mass is 16.2. The van der Waals surface area contributed by atoms with Gasteiger partial charge in [-0.3, -0.25) is 4.79 Å². The zero-order valence-corrected chi connectivity index (χ0v) is 18.5. The second-order valence-corrected chi connectivity index (χ2v) is 8.65. The summed E-state index contributed by atoms with van der Waals surface area (Å²) in [5.41, 5.74) is 2.71. The van der Waals surface area contributed by atoms with E-state index in [0.717, 1.165) is 47.8 Å². The zero-order chi connectivity index (χ0) is 21.8. The Bertz CT molecular complexity index is 998. The number of aryl methyl sites for hydroxylation is 1. The van der Waals surface area contributed by atoms with Gasteiger partial charge in [0, 0.05) is 37.3 Å². The molecule has 0 spiro atoms. The van der Waals surface area contributed by atoms with Crippen LogP contribution < -0.4 is 5.32 Å². The summed E-state index contributed by atoms with van der Waals surface area (Å²) in [6.45, 7) is 5.55. The van der Waals surface area contributed by atoms with E-state index in [-0.39, 0.29) is 17.2 Å².